The second kappa shape index (κ2) is 6.08. The molecule has 0 aromatic carbocycles. The zero-order valence-corrected chi connectivity index (χ0v) is 6.33. The standard InChI is InChI=1S/C8H12O2/c1-3-5-6-7-8(9)10-4-2/h3,5-7H,4H2,1-2H3/b5-3-,7-6-. The van der Waals surface area contributed by atoms with Gasteiger partial charge in [-0.05, 0) is 13.8 Å². The van der Waals surface area contributed by atoms with Crippen LogP contribution in [0.15, 0.2) is 24.3 Å². The Bertz CT molecular complexity index is 145. The minimum atomic E-state index is -0.291. The lowest BCUT2D eigenvalue weighted by Gasteiger charge is -1.92. The maximum atomic E-state index is 10.6. The van der Waals surface area contributed by atoms with Crippen molar-refractivity contribution in [3.05, 3.63) is 24.3 Å². The van der Waals surface area contributed by atoms with E-state index in [1.54, 1.807) is 19.1 Å². The van der Waals surface area contributed by atoms with Crippen molar-refractivity contribution in [1.82, 2.24) is 0 Å². The van der Waals surface area contributed by atoms with Gasteiger partial charge in [-0.25, -0.2) is 4.79 Å². The van der Waals surface area contributed by atoms with Crippen molar-refractivity contribution in [3.63, 3.8) is 0 Å². The van der Waals surface area contributed by atoms with Gasteiger partial charge in [-0.15, -0.1) is 0 Å². The van der Waals surface area contributed by atoms with E-state index in [2.05, 4.69) is 4.74 Å². The Balaban J connectivity index is 3.56. The van der Waals surface area contributed by atoms with E-state index in [9.17, 15) is 4.79 Å². The Hall–Kier alpha value is -1.05. The van der Waals surface area contributed by atoms with Gasteiger partial charge in [-0.2, -0.15) is 0 Å². The Kier molecular flexibility index (Phi) is 5.44. The summed E-state index contributed by atoms with van der Waals surface area (Å²) in [5.74, 6) is -0.291. The molecule has 0 aliphatic rings. The Morgan fingerprint density at radius 1 is 1.50 bits per heavy atom. The minimum absolute atomic E-state index is 0.291. The number of esters is 1. The molecule has 2 heteroatoms. The SMILES string of the molecule is C/C=C\C=C/C(=O)OCC. The molecule has 0 aliphatic heterocycles. The molecule has 0 rings (SSSR count). The van der Waals surface area contributed by atoms with Crippen LogP contribution in [-0.4, -0.2) is 12.6 Å². The lowest BCUT2D eigenvalue weighted by Crippen LogP contribution is -1.98. The van der Waals surface area contributed by atoms with E-state index in [1.165, 1.54) is 6.08 Å². The zero-order chi connectivity index (χ0) is 7.82. The van der Waals surface area contributed by atoms with E-state index in [0.29, 0.717) is 6.61 Å². The maximum absolute atomic E-state index is 10.6. The number of rotatable bonds is 3. The molecule has 0 atom stereocenters. The molecular formula is C8H12O2. The molecule has 0 saturated heterocycles. The predicted molar refractivity (Wildman–Crippen MR) is 40.6 cm³/mol. The van der Waals surface area contributed by atoms with E-state index in [0.717, 1.165) is 0 Å². The third-order valence-corrected chi connectivity index (χ3v) is 0.822. The first-order valence-electron chi connectivity index (χ1n) is 3.27. The van der Waals surface area contributed by atoms with Gasteiger partial charge in [0, 0.05) is 6.08 Å². The second-order valence-corrected chi connectivity index (χ2v) is 1.64. The molecule has 0 aromatic rings. The van der Waals surface area contributed by atoms with Crippen molar-refractivity contribution in [2.75, 3.05) is 6.61 Å². The molecule has 0 aromatic heterocycles. The molecule has 0 aliphatic carbocycles. The summed E-state index contributed by atoms with van der Waals surface area (Å²) in [5.41, 5.74) is 0. The van der Waals surface area contributed by atoms with Gasteiger partial charge < -0.3 is 4.74 Å². The van der Waals surface area contributed by atoms with Crippen LogP contribution < -0.4 is 0 Å². The normalized spacial score (nSPS) is 11.0. The van der Waals surface area contributed by atoms with Crippen LogP contribution in [0.3, 0.4) is 0 Å². The zero-order valence-electron chi connectivity index (χ0n) is 6.33. The number of carbonyl (C=O) groups excluding carboxylic acids is 1. The molecule has 0 heterocycles. The van der Waals surface area contributed by atoms with Gasteiger partial charge in [0.25, 0.3) is 0 Å². The van der Waals surface area contributed by atoms with Crippen LogP contribution in [0.4, 0.5) is 0 Å². The summed E-state index contributed by atoms with van der Waals surface area (Å²) >= 11 is 0. The van der Waals surface area contributed by atoms with Crippen molar-refractivity contribution in [2.24, 2.45) is 0 Å². The highest BCUT2D eigenvalue weighted by molar-refractivity contribution is 5.82. The van der Waals surface area contributed by atoms with Crippen molar-refractivity contribution in [2.45, 2.75) is 13.8 Å². The molecule has 0 saturated carbocycles. The third-order valence-electron chi connectivity index (χ3n) is 0.822. The van der Waals surface area contributed by atoms with Crippen molar-refractivity contribution in [3.8, 4) is 0 Å². The van der Waals surface area contributed by atoms with Gasteiger partial charge in [-0.1, -0.05) is 18.2 Å². The molecule has 0 spiro atoms. The van der Waals surface area contributed by atoms with Gasteiger partial charge in [-0.3, -0.25) is 0 Å². The van der Waals surface area contributed by atoms with Crippen LogP contribution in [0.5, 0.6) is 0 Å². The lowest BCUT2D eigenvalue weighted by molar-refractivity contribution is -0.137. The average molecular weight is 140 g/mol. The van der Waals surface area contributed by atoms with Crippen LogP contribution in [0.25, 0.3) is 0 Å². The number of ether oxygens (including phenoxy) is 1. The summed E-state index contributed by atoms with van der Waals surface area (Å²) in [7, 11) is 0. The number of carbonyl (C=O) groups is 1. The van der Waals surface area contributed by atoms with Crippen LogP contribution in [0, 0.1) is 0 Å². The summed E-state index contributed by atoms with van der Waals surface area (Å²) in [4.78, 5) is 10.6. The second-order valence-electron chi connectivity index (χ2n) is 1.64. The Labute approximate surface area is 61.2 Å². The van der Waals surface area contributed by atoms with Gasteiger partial charge >= 0.3 is 5.97 Å². The summed E-state index contributed by atoms with van der Waals surface area (Å²) in [6.07, 6.45) is 6.66. The summed E-state index contributed by atoms with van der Waals surface area (Å²) in [6, 6.07) is 0. The fraction of sp³-hybridized carbons (Fsp3) is 0.375. The maximum Gasteiger partial charge on any atom is 0.330 e. The lowest BCUT2D eigenvalue weighted by atomic mass is 10.4. The topological polar surface area (TPSA) is 26.3 Å². The number of allylic oxidation sites excluding steroid dienone is 3. The largest absolute Gasteiger partial charge is 0.463 e. The minimum Gasteiger partial charge on any atom is -0.463 e. The van der Waals surface area contributed by atoms with E-state index < -0.39 is 0 Å². The van der Waals surface area contributed by atoms with Crippen molar-refractivity contribution in [1.29, 1.82) is 0 Å². The highest BCUT2D eigenvalue weighted by Gasteiger charge is 1.89. The number of hydrogen-bond donors (Lipinski definition) is 0. The molecule has 0 fully saturated rings. The Morgan fingerprint density at radius 3 is 2.70 bits per heavy atom. The first-order chi connectivity index (χ1) is 4.81. The van der Waals surface area contributed by atoms with Crippen molar-refractivity contribution < 1.29 is 9.53 Å². The van der Waals surface area contributed by atoms with Crippen LogP contribution in [0.2, 0.25) is 0 Å². The summed E-state index contributed by atoms with van der Waals surface area (Å²) in [5, 5.41) is 0. The molecule has 56 valence electrons. The smallest absolute Gasteiger partial charge is 0.330 e. The molecule has 0 amide bonds. The molecular weight excluding hydrogens is 128 g/mol. The highest BCUT2D eigenvalue weighted by Crippen LogP contribution is 1.81. The molecule has 2 nitrogen and oxygen atoms in total. The predicted octanol–water partition coefficient (Wildman–Crippen LogP) is 1.68. The summed E-state index contributed by atoms with van der Waals surface area (Å²) in [6.45, 7) is 4.09. The van der Waals surface area contributed by atoms with Gasteiger partial charge in [0.05, 0.1) is 6.61 Å². The molecule has 0 radical (unpaired) electrons. The van der Waals surface area contributed by atoms with Crippen LogP contribution >= 0.6 is 0 Å². The highest BCUT2D eigenvalue weighted by atomic mass is 16.5. The molecule has 0 bridgehead atoms. The van der Waals surface area contributed by atoms with Gasteiger partial charge in [0.1, 0.15) is 0 Å². The van der Waals surface area contributed by atoms with E-state index in [4.69, 9.17) is 0 Å². The third kappa shape index (κ3) is 5.09. The first kappa shape index (κ1) is 8.95. The fourth-order valence-corrected chi connectivity index (χ4v) is 0.436. The number of hydrogen-bond acceptors (Lipinski definition) is 2. The van der Waals surface area contributed by atoms with Crippen LogP contribution in [-0.2, 0) is 9.53 Å². The van der Waals surface area contributed by atoms with Gasteiger partial charge in [0.2, 0.25) is 0 Å². The van der Waals surface area contributed by atoms with E-state index in [-0.39, 0.29) is 5.97 Å². The van der Waals surface area contributed by atoms with Crippen LogP contribution in [0.1, 0.15) is 13.8 Å². The van der Waals surface area contributed by atoms with E-state index in [1.807, 2.05) is 13.0 Å². The molecule has 0 N–H and O–H groups in total. The monoisotopic (exact) mass is 140 g/mol. The fourth-order valence-electron chi connectivity index (χ4n) is 0.436. The quantitative estimate of drug-likeness (QED) is 0.338. The first-order valence-corrected chi connectivity index (χ1v) is 3.27. The Morgan fingerprint density at radius 2 is 2.20 bits per heavy atom. The van der Waals surface area contributed by atoms with E-state index >= 15 is 0 Å². The summed E-state index contributed by atoms with van der Waals surface area (Å²) < 4.78 is 4.63. The van der Waals surface area contributed by atoms with Gasteiger partial charge in [0.15, 0.2) is 0 Å². The molecule has 0 unspecified atom stereocenters. The van der Waals surface area contributed by atoms with Crippen molar-refractivity contribution >= 4 is 5.97 Å². The average Bonchev–Trinajstić information content (AvgIpc) is 1.89. The molecule has 10 heavy (non-hydrogen) atoms.